The third kappa shape index (κ3) is 2.55. The number of hydrogen-bond acceptors (Lipinski definition) is 5. The Bertz CT molecular complexity index is 686. The molecule has 0 bridgehead atoms. The first-order valence-corrected chi connectivity index (χ1v) is 6.40. The highest BCUT2D eigenvalue weighted by Crippen LogP contribution is 2.24. The number of benzene rings is 1. The number of carbonyl (C=O) groups excluding carboxylic acids is 1. The van der Waals surface area contributed by atoms with E-state index < -0.39 is 10.8 Å². The number of anilines is 1. The summed E-state index contributed by atoms with van der Waals surface area (Å²) in [6, 6.07) is 7.49. The summed E-state index contributed by atoms with van der Waals surface area (Å²) in [5.74, 6) is 0.0313. The van der Waals surface area contributed by atoms with Gasteiger partial charge in [0.15, 0.2) is 5.69 Å². The zero-order valence-electron chi connectivity index (χ0n) is 11.0. The number of nitrogens with one attached hydrogen (secondary N) is 1. The lowest BCUT2D eigenvalue weighted by molar-refractivity contribution is -0.383. The summed E-state index contributed by atoms with van der Waals surface area (Å²) < 4.78 is 6.99. The average molecular weight is 288 g/mol. The highest BCUT2D eigenvalue weighted by atomic mass is 16.6. The maximum atomic E-state index is 12.1. The van der Waals surface area contributed by atoms with Crippen LogP contribution < -0.4 is 10.1 Å². The first-order valence-electron chi connectivity index (χ1n) is 6.40. The van der Waals surface area contributed by atoms with Crippen molar-refractivity contribution in [3.05, 3.63) is 46.1 Å². The lowest BCUT2D eigenvalue weighted by atomic mass is 10.2. The number of nitro benzene ring substituents is 1. The molecule has 0 atom stereocenters. The molecule has 108 valence electrons. The maximum Gasteiger partial charge on any atom is 0.292 e. The number of nitro groups is 1. The van der Waals surface area contributed by atoms with Gasteiger partial charge >= 0.3 is 0 Å². The summed E-state index contributed by atoms with van der Waals surface area (Å²) in [6.45, 7) is 1.28. The maximum absolute atomic E-state index is 12.1. The zero-order chi connectivity index (χ0) is 14.8. The van der Waals surface area contributed by atoms with Gasteiger partial charge in [-0.05, 0) is 6.07 Å². The molecule has 0 radical (unpaired) electrons. The minimum atomic E-state index is -0.545. The van der Waals surface area contributed by atoms with Gasteiger partial charge in [-0.25, -0.2) is 4.68 Å². The van der Waals surface area contributed by atoms with Gasteiger partial charge in [-0.3, -0.25) is 14.9 Å². The van der Waals surface area contributed by atoms with Crippen molar-refractivity contribution < 1.29 is 14.5 Å². The molecule has 1 aromatic carbocycles. The molecular formula is C13H12N4O4. The molecule has 1 aliphatic rings. The smallest absolute Gasteiger partial charge is 0.292 e. The molecule has 1 N–H and O–H groups in total. The molecule has 0 unspecified atom stereocenters. The Morgan fingerprint density at radius 1 is 1.43 bits per heavy atom. The van der Waals surface area contributed by atoms with Crippen LogP contribution in [0.5, 0.6) is 5.88 Å². The van der Waals surface area contributed by atoms with Crippen LogP contribution in [0.4, 0.5) is 11.4 Å². The highest BCUT2D eigenvalue weighted by Gasteiger charge is 2.20. The third-order valence-corrected chi connectivity index (χ3v) is 3.09. The Hall–Kier alpha value is -2.90. The molecular weight excluding hydrogens is 276 g/mol. The van der Waals surface area contributed by atoms with Crippen LogP contribution in [0.1, 0.15) is 16.9 Å². The lowest BCUT2D eigenvalue weighted by Gasteiger charge is -2.13. The van der Waals surface area contributed by atoms with Crippen molar-refractivity contribution in [3.63, 3.8) is 0 Å². The van der Waals surface area contributed by atoms with Crippen molar-refractivity contribution in [3.8, 4) is 5.88 Å². The van der Waals surface area contributed by atoms with Crippen LogP contribution in [0, 0.1) is 10.1 Å². The van der Waals surface area contributed by atoms with Gasteiger partial charge in [-0.15, -0.1) is 0 Å². The summed E-state index contributed by atoms with van der Waals surface area (Å²) >= 11 is 0. The van der Waals surface area contributed by atoms with Crippen molar-refractivity contribution in [2.24, 2.45) is 0 Å². The molecule has 0 spiro atoms. The molecule has 0 saturated heterocycles. The molecule has 2 heterocycles. The van der Waals surface area contributed by atoms with Crippen LogP contribution in [0.3, 0.4) is 0 Å². The third-order valence-electron chi connectivity index (χ3n) is 3.09. The second-order valence-corrected chi connectivity index (χ2v) is 4.52. The number of carbonyl (C=O) groups is 1. The number of rotatable bonds is 3. The van der Waals surface area contributed by atoms with E-state index in [1.54, 1.807) is 10.7 Å². The minimum absolute atomic E-state index is 0.138. The summed E-state index contributed by atoms with van der Waals surface area (Å²) in [5, 5.41) is 17.5. The fourth-order valence-electron chi connectivity index (χ4n) is 2.10. The predicted octanol–water partition coefficient (Wildman–Crippen LogP) is 1.83. The van der Waals surface area contributed by atoms with E-state index in [9.17, 15) is 14.9 Å². The molecule has 0 fully saturated rings. The quantitative estimate of drug-likeness (QED) is 0.686. The second-order valence-electron chi connectivity index (χ2n) is 4.52. The number of amides is 1. The first-order chi connectivity index (χ1) is 10.1. The van der Waals surface area contributed by atoms with Crippen LogP contribution in [0.15, 0.2) is 30.3 Å². The van der Waals surface area contributed by atoms with Gasteiger partial charge in [0, 0.05) is 25.1 Å². The van der Waals surface area contributed by atoms with Gasteiger partial charge < -0.3 is 10.1 Å². The monoisotopic (exact) mass is 288 g/mol. The number of para-hydroxylation sites is 2. The molecule has 1 aromatic heterocycles. The molecule has 0 saturated carbocycles. The van der Waals surface area contributed by atoms with Gasteiger partial charge in [0.2, 0.25) is 5.88 Å². The van der Waals surface area contributed by atoms with E-state index in [-0.39, 0.29) is 17.1 Å². The Morgan fingerprint density at radius 3 is 3.00 bits per heavy atom. The van der Waals surface area contributed by atoms with Crippen LogP contribution in [0.2, 0.25) is 0 Å². The van der Waals surface area contributed by atoms with Crippen LogP contribution in [-0.4, -0.2) is 27.2 Å². The summed E-state index contributed by atoms with van der Waals surface area (Å²) in [5.41, 5.74) is 0.149. The van der Waals surface area contributed by atoms with Crippen LogP contribution in [0.25, 0.3) is 0 Å². The molecule has 1 amide bonds. The molecule has 21 heavy (non-hydrogen) atoms. The van der Waals surface area contributed by atoms with Gasteiger partial charge in [0.25, 0.3) is 11.6 Å². The molecule has 8 nitrogen and oxygen atoms in total. The second kappa shape index (κ2) is 5.23. The Kier molecular flexibility index (Phi) is 3.27. The van der Waals surface area contributed by atoms with E-state index in [1.807, 2.05) is 0 Å². The zero-order valence-corrected chi connectivity index (χ0v) is 11.0. The molecule has 0 aliphatic carbocycles. The van der Waals surface area contributed by atoms with E-state index in [4.69, 9.17) is 4.74 Å². The molecule has 8 heteroatoms. The van der Waals surface area contributed by atoms with E-state index >= 15 is 0 Å². The average Bonchev–Trinajstić information content (AvgIpc) is 2.91. The van der Waals surface area contributed by atoms with E-state index in [0.29, 0.717) is 19.0 Å². The summed E-state index contributed by atoms with van der Waals surface area (Å²) in [7, 11) is 0. The Morgan fingerprint density at radius 2 is 2.24 bits per heavy atom. The first kappa shape index (κ1) is 13.1. The fourth-order valence-corrected chi connectivity index (χ4v) is 2.10. The van der Waals surface area contributed by atoms with Crippen molar-refractivity contribution in [1.82, 2.24) is 9.78 Å². The number of hydrogen-bond donors (Lipinski definition) is 1. The van der Waals surface area contributed by atoms with E-state index in [1.165, 1.54) is 24.3 Å². The standard InChI is InChI=1S/C13H12N4O4/c18-13(10-8-12-16(15-10)6-3-7-21-12)14-9-4-1-2-5-11(9)17(19)20/h1-2,4-5,8H,3,6-7H2,(H,14,18). The van der Waals surface area contributed by atoms with Crippen molar-refractivity contribution in [2.45, 2.75) is 13.0 Å². The SMILES string of the molecule is O=C(Nc1ccccc1[N+](=O)[O-])c1cc2n(n1)CCCO2. The number of aryl methyl sites for hydroxylation is 1. The van der Waals surface area contributed by atoms with Gasteiger partial charge in [-0.2, -0.15) is 5.10 Å². The van der Waals surface area contributed by atoms with Gasteiger partial charge in [0.1, 0.15) is 5.69 Å². The minimum Gasteiger partial charge on any atom is -0.478 e. The van der Waals surface area contributed by atoms with Crippen LogP contribution in [-0.2, 0) is 6.54 Å². The molecule has 1 aliphatic heterocycles. The summed E-state index contributed by atoms with van der Waals surface area (Å²) in [6.07, 6.45) is 0.833. The molecule has 3 rings (SSSR count). The Labute approximate surface area is 119 Å². The van der Waals surface area contributed by atoms with Crippen molar-refractivity contribution >= 4 is 17.3 Å². The number of ether oxygens (including phenoxy) is 1. The fraction of sp³-hybridized carbons (Fsp3) is 0.231. The largest absolute Gasteiger partial charge is 0.478 e. The normalized spacial score (nSPS) is 13.1. The Balaban J connectivity index is 1.83. The van der Waals surface area contributed by atoms with Crippen LogP contribution >= 0.6 is 0 Å². The predicted molar refractivity (Wildman–Crippen MR) is 73.4 cm³/mol. The van der Waals surface area contributed by atoms with Gasteiger partial charge in [0.05, 0.1) is 11.5 Å². The van der Waals surface area contributed by atoms with Crippen molar-refractivity contribution in [2.75, 3.05) is 11.9 Å². The van der Waals surface area contributed by atoms with Gasteiger partial charge in [-0.1, -0.05) is 12.1 Å². The number of aromatic nitrogens is 2. The highest BCUT2D eigenvalue weighted by molar-refractivity contribution is 6.04. The summed E-state index contributed by atoms with van der Waals surface area (Å²) in [4.78, 5) is 22.5. The lowest BCUT2D eigenvalue weighted by Crippen LogP contribution is -2.16. The molecule has 2 aromatic rings. The number of fused-ring (bicyclic) bond motifs is 1. The van der Waals surface area contributed by atoms with E-state index in [2.05, 4.69) is 10.4 Å². The topological polar surface area (TPSA) is 99.3 Å². The van der Waals surface area contributed by atoms with Crippen molar-refractivity contribution in [1.29, 1.82) is 0 Å². The van der Waals surface area contributed by atoms with E-state index in [0.717, 1.165) is 6.42 Å². The number of nitrogens with zero attached hydrogens (tertiary/aromatic N) is 3.